The molecule has 26 heavy (non-hydrogen) atoms. The Kier molecular flexibility index (Phi) is 24.3. The molecule has 0 saturated heterocycles. The van der Waals surface area contributed by atoms with E-state index < -0.39 is 11.8 Å². The van der Waals surface area contributed by atoms with Gasteiger partial charge in [-0.1, -0.05) is 104 Å². The molecule has 0 unspecified atom stereocenters. The monoisotopic (exact) mass is 370 g/mol. The highest BCUT2D eigenvalue weighted by atomic mass is 16.2. The molecule has 154 valence electrons. The van der Waals surface area contributed by atoms with E-state index in [0.29, 0.717) is 0 Å². The summed E-state index contributed by atoms with van der Waals surface area (Å²) in [6.07, 6.45) is 22.3. The Balaban J connectivity index is 0. The lowest BCUT2D eigenvalue weighted by molar-refractivity contribution is -0.118. The third kappa shape index (κ3) is 24.8. The summed E-state index contributed by atoms with van der Waals surface area (Å²) in [4.78, 5) is 20.6. The van der Waals surface area contributed by atoms with Gasteiger partial charge in [-0.2, -0.15) is 0 Å². The molecule has 0 aliphatic heterocycles. The Morgan fingerprint density at radius 2 is 0.808 bits per heavy atom. The quantitative estimate of drug-likeness (QED) is 0.115. The molecule has 0 aromatic rings. The summed E-state index contributed by atoms with van der Waals surface area (Å²) in [6.45, 7) is 4.58. The highest BCUT2D eigenvalue weighted by molar-refractivity contribution is 5.96. The molecule has 6 nitrogen and oxygen atoms in total. The van der Waals surface area contributed by atoms with Gasteiger partial charge >= 0.3 is 0 Å². The number of nitrogens with two attached hydrogens (primary N) is 2. The number of unbranched alkanes of at least 4 members (excludes halogenated alkanes) is 13. The summed E-state index contributed by atoms with van der Waals surface area (Å²) in [6, 6.07) is 0. The number of rotatable bonds is 15. The molecule has 0 spiro atoms. The molecule has 0 aromatic heterocycles. The predicted octanol–water partition coefficient (Wildman–Crippen LogP) is 4.01. The molecule has 0 bridgehead atoms. The van der Waals surface area contributed by atoms with Crippen molar-refractivity contribution in [3.8, 4) is 0 Å². The van der Waals surface area contributed by atoms with Gasteiger partial charge in [0.25, 0.3) is 11.8 Å². The molecule has 0 aliphatic carbocycles. The first-order chi connectivity index (χ1) is 12.6. The summed E-state index contributed by atoms with van der Waals surface area (Å²) in [5, 5.41) is 0. The van der Waals surface area contributed by atoms with Crippen LogP contribution in [0.3, 0.4) is 0 Å². The van der Waals surface area contributed by atoms with E-state index in [9.17, 15) is 9.59 Å². The Labute approximate surface area is 160 Å². The van der Waals surface area contributed by atoms with Crippen LogP contribution in [0.1, 0.15) is 104 Å². The SMILES string of the molecule is CCCCCCCCCCCCCCCC.NNC(=O)/C=C\C(=O)NN. The van der Waals surface area contributed by atoms with E-state index in [0.717, 1.165) is 12.2 Å². The van der Waals surface area contributed by atoms with Crippen molar-refractivity contribution in [3.63, 3.8) is 0 Å². The van der Waals surface area contributed by atoms with Crippen molar-refractivity contribution in [2.24, 2.45) is 11.7 Å². The second-order valence-corrected chi connectivity index (χ2v) is 6.59. The zero-order valence-corrected chi connectivity index (χ0v) is 17.0. The molecule has 2 amide bonds. The van der Waals surface area contributed by atoms with Gasteiger partial charge in [-0.05, 0) is 0 Å². The number of carbonyl (C=O) groups is 2. The Hall–Kier alpha value is -1.40. The average Bonchev–Trinajstić information content (AvgIpc) is 2.67. The topological polar surface area (TPSA) is 110 Å². The van der Waals surface area contributed by atoms with Crippen LogP contribution in [0.4, 0.5) is 0 Å². The lowest BCUT2D eigenvalue weighted by Crippen LogP contribution is -2.30. The normalized spacial score (nSPS) is 10.3. The number of hydrogen-bond donors (Lipinski definition) is 4. The van der Waals surface area contributed by atoms with Crippen LogP contribution in [0.5, 0.6) is 0 Å². The Bertz CT molecular complexity index is 315. The lowest BCUT2D eigenvalue weighted by atomic mass is 10.0. The first kappa shape index (κ1) is 26.8. The zero-order chi connectivity index (χ0) is 19.9. The van der Waals surface area contributed by atoms with Crippen molar-refractivity contribution in [3.05, 3.63) is 12.2 Å². The minimum absolute atomic E-state index is 0.566. The molecule has 0 aliphatic rings. The molecule has 0 heterocycles. The second-order valence-electron chi connectivity index (χ2n) is 6.59. The standard InChI is InChI=1S/C16H34.C4H8N4O2/c1-3-5-7-9-11-13-15-16-14-12-10-8-6-4-2;5-7-3(9)1-2-4(10)8-6/h3-16H2,1-2H3;1-2H,5-6H2,(H,7,9)(H,8,10)/b;2-1-. The molecular formula is C20H42N4O2. The third-order valence-electron chi connectivity index (χ3n) is 4.13. The van der Waals surface area contributed by atoms with Crippen molar-refractivity contribution < 1.29 is 9.59 Å². The fourth-order valence-electron chi connectivity index (χ4n) is 2.52. The predicted molar refractivity (Wildman–Crippen MR) is 110 cm³/mol. The molecule has 0 saturated carbocycles. The zero-order valence-electron chi connectivity index (χ0n) is 17.0. The highest BCUT2D eigenvalue weighted by Gasteiger charge is 1.93. The summed E-state index contributed by atoms with van der Waals surface area (Å²) in [5.41, 5.74) is 3.60. The van der Waals surface area contributed by atoms with Crippen LogP contribution in [-0.4, -0.2) is 11.8 Å². The van der Waals surface area contributed by atoms with E-state index in [2.05, 4.69) is 25.5 Å². The van der Waals surface area contributed by atoms with Crippen LogP contribution < -0.4 is 22.5 Å². The molecule has 6 heteroatoms. The van der Waals surface area contributed by atoms with Crippen LogP contribution in [0.15, 0.2) is 12.2 Å². The van der Waals surface area contributed by atoms with Crippen LogP contribution in [0, 0.1) is 0 Å². The largest absolute Gasteiger partial charge is 0.291 e. The molecule has 0 fully saturated rings. The first-order valence-electron chi connectivity index (χ1n) is 10.3. The van der Waals surface area contributed by atoms with Gasteiger partial charge in [-0.15, -0.1) is 0 Å². The van der Waals surface area contributed by atoms with E-state index in [1.54, 1.807) is 10.9 Å². The Morgan fingerprint density at radius 1 is 0.577 bits per heavy atom. The maximum Gasteiger partial charge on any atom is 0.258 e. The van der Waals surface area contributed by atoms with Crippen molar-refractivity contribution in [1.82, 2.24) is 10.9 Å². The third-order valence-corrected chi connectivity index (χ3v) is 4.13. The van der Waals surface area contributed by atoms with Gasteiger partial charge in [0, 0.05) is 12.2 Å². The minimum Gasteiger partial charge on any atom is -0.291 e. The van der Waals surface area contributed by atoms with Crippen molar-refractivity contribution in [2.75, 3.05) is 0 Å². The number of carbonyl (C=O) groups excluding carboxylic acids is 2. The number of nitrogens with one attached hydrogen (secondary N) is 2. The van der Waals surface area contributed by atoms with Gasteiger partial charge in [0.15, 0.2) is 0 Å². The second kappa shape index (κ2) is 23.6. The summed E-state index contributed by atoms with van der Waals surface area (Å²) < 4.78 is 0. The van der Waals surface area contributed by atoms with Crippen molar-refractivity contribution in [2.45, 2.75) is 104 Å². The minimum atomic E-state index is -0.566. The van der Waals surface area contributed by atoms with Gasteiger partial charge in [0.05, 0.1) is 0 Å². The van der Waals surface area contributed by atoms with Crippen molar-refractivity contribution in [1.29, 1.82) is 0 Å². The van der Waals surface area contributed by atoms with Gasteiger partial charge in [0.1, 0.15) is 0 Å². The molecule has 0 radical (unpaired) electrons. The number of hydrogen-bond acceptors (Lipinski definition) is 4. The molecule has 0 aromatic carbocycles. The van der Waals surface area contributed by atoms with Gasteiger partial charge < -0.3 is 0 Å². The van der Waals surface area contributed by atoms with Gasteiger partial charge in [0.2, 0.25) is 0 Å². The highest BCUT2D eigenvalue weighted by Crippen LogP contribution is 2.12. The summed E-state index contributed by atoms with van der Waals surface area (Å²) in [5.74, 6) is 8.24. The van der Waals surface area contributed by atoms with Gasteiger partial charge in [-0.25, -0.2) is 11.7 Å². The lowest BCUT2D eigenvalue weighted by Gasteiger charge is -2.02. The van der Waals surface area contributed by atoms with Crippen LogP contribution >= 0.6 is 0 Å². The summed E-state index contributed by atoms with van der Waals surface area (Å²) in [7, 11) is 0. The molecular weight excluding hydrogens is 328 g/mol. The maximum absolute atomic E-state index is 10.3. The summed E-state index contributed by atoms with van der Waals surface area (Å²) >= 11 is 0. The molecule has 0 atom stereocenters. The fourth-order valence-corrected chi connectivity index (χ4v) is 2.52. The van der Waals surface area contributed by atoms with E-state index in [1.807, 2.05) is 0 Å². The first-order valence-corrected chi connectivity index (χ1v) is 10.3. The number of amides is 2. The van der Waals surface area contributed by atoms with E-state index >= 15 is 0 Å². The van der Waals surface area contributed by atoms with E-state index in [-0.39, 0.29) is 0 Å². The van der Waals surface area contributed by atoms with E-state index in [4.69, 9.17) is 0 Å². The Morgan fingerprint density at radius 3 is 1.00 bits per heavy atom. The van der Waals surface area contributed by atoms with Crippen LogP contribution in [0.25, 0.3) is 0 Å². The smallest absolute Gasteiger partial charge is 0.258 e. The average molecular weight is 371 g/mol. The van der Waals surface area contributed by atoms with Crippen molar-refractivity contribution >= 4 is 11.8 Å². The van der Waals surface area contributed by atoms with E-state index in [1.165, 1.54) is 89.9 Å². The maximum atomic E-state index is 10.3. The van der Waals surface area contributed by atoms with Gasteiger partial charge in [-0.3, -0.25) is 20.4 Å². The number of hydrazine groups is 2. The fraction of sp³-hybridized carbons (Fsp3) is 0.800. The molecule has 0 rings (SSSR count). The van der Waals surface area contributed by atoms with Crippen LogP contribution in [-0.2, 0) is 9.59 Å². The molecule has 6 N–H and O–H groups in total. The van der Waals surface area contributed by atoms with Crippen LogP contribution in [0.2, 0.25) is 0 Å².